The van der Waals surface area contributed by atoms with E-state index in [1.807, 2.05) is 23.1 Å². The molecule has 1 aliphatic rings. The Morgan fingerprint density at radius 2 is 1.81 bits per heavy atom. The predicted octanol–water partition coefficient (Wildman–Crippen LogP) is 4.28. The van der Waals surface area contributed by atoms with Gasteiger partial charge in [0.25, 0.3) is 0 Å². The summed E-state index contributed by atoms with van der Waals surface area (Å²) in [7, 11) is 1.66. The molecule has 6 heteroatoms. The highest BCUT2D eigenvalue weighted by atomic mass is 35.5. The second-order valence-electron chi connectivity index (χ2n) is 6.33. The van der Waals surface area contributed by atoms with Gasteiger partial charge in [-0.1, -0.05) is 29.3 Å². The molecular weight excluding hydrogens is 371 g/mol. The first-order chi connectivity index (χ1) is 12.6. The zero-order chi connectivity index (χ0) is 18.5. The number of benzene rings is 2. The van der Waals surface area contributed by atoms with Crippen molar-refractivity contribution in [1.82, 2.24) is 4.90 Å². The number of hydrogen-bond acceptors (Lipinski definition) is 3. The summed E-state index contributed by atoms with van der Waals surface area (Å²) in [5, 5.41) is 1.12. The third-order valence-electron chi connectivity index (χ3n) is 4.64. The molecule has 3 rings (SSSR count). The maximum atomic E-state index is 12.7. The molecule has 1 amide bonds. The van der Waals surface area contributed by atoms with Gasteiger partial charge in [0.1, 0.15) is 5.75 Å². The predicted molar refractivity (Wildman–Crippen MR) is 107 cm³/mol. The van der Waals surface area contributed by atoms with Gasteiger partial charge < -0.3 is 14.5 Å². The van der Waals surface area contributed by atoms with E-state index in [4.69, 9.17) is 27.9 Å². The van der Waals surface area contributed by atoms with Crippen molar-refractivity contribution in [2.24, 2.45) is 0 Å². The number of hydrogen-bond donors (Lipinski definition) is 0. The van der Waals surface area contributed by atoms with Gasteiger partial charge in [-0.15, -0.1) is 0 Å². The van der Waals surface area contributed by atoms with Crippen LogP contribution < -0.4 is 9.64 Å². The monoisotopic (exact) mass is 392 g/mol. The third kappa shape index (κ3) is 4.63. The zero-order valence-corrected chi connectivity index (χ0v) is 16.3. The van der Waals surface area contributed by atoms with Gasteiger partial charge >= 0.3 is 0 Å². The van der Waals surface area contributed by atoms with E-state index >= 15 is 0 Å². The molecule has 0 radical (unpaired) electrons. The molecule has 0 N–H and O–H groups in total. The number of carbonyl (C=O) groups excluding carboxylic acids is 1. The summed E-state index contributed by atoms with van der Waals surface area (Å²) >= 11 is 12.1. The number of rotatable bonds is 4. The lowest BCUT2D eigenvalue weighted by molar-refractivity contribution is -0.130. The average Bonchev–Trinajstić information content (AvgIpc) is 2.90. The summed E-state index contributed by atoms with van der Waals surface area (Å²) < 4.78 is 5.21. The molecule has 0 saturated carbocycles. The molecule has 0 aliphatic carbocycles. The second kappa shape index (κ2) is 8.65. The number of ether oxygens (including phenoxy) is 1. The number of nitrogens with zero attached hydrogens (tertiary/aromatic N) is 2. The minimum absolute atomic E-state index is 0.103. The first kappa shape index (κ1) is 18.9. The quantitative estimate of drug-likeness (QED) is 0.777. The highest BCUT2D eigenvalue weighted by Crippen LogP contribution is 2.23. The molecule has 2 aromatic carbocycles. The van der Waals surface area contributed by atoms with Crippen molar-refractivity contribution in [1.29, 1.82) is 0 Å². The molecule has 1 heterocycles. The molecule has 2 aromatic rings. The summed E-state index contributed by atoms with van der Waals surface area (Å²) in [4.78, 5) is 16.9. The van der Waals surface area contributed by atoms with Crippen LogP contribution in [0, 0.1) is 0 Å². The Hall–Kier alpha value is -1.91. The summed E-state index contributed by atoms with van der Waals surface area (Å²) in [6.07, 6.45) is 1.24. The molecule has 4 nitrogen and oxygen atoms in total. The van der Waals surface area contributed by atoms with Crippen molar-refractivity contribution < 1.29 is 9.53 Å². The minimum Gasteiger partial charge on any atom is -0.497 e. The fourth-order valence-electron chi connectivity index (χ4n) is 3.16. The van der Waals surface area contributed by atoms with Crippen molar-refractivity contribution in [3.05, 3.63) is 58.1 Å². The van der Waals surface area contributed by atoms with E-state index in [0.29, 0.717) is 23.0 Å². The van der Waals surface area contributed by atoms with Gasteiger partial charge in [0, 0.05) is 41.9 Å². The Labute approximate surface area is 164 Å². The first-order valence-electron chi connectivity index (χ1n) is 8.67. The van der Waals surface area contributed by atoms with Crippen LogP contribution in [0.4, 0.5) is 5.69 Å². The van der Waals surface area contributed by atoms with Gasteiger partial charge in [-0.25, -0.2) is 0 Å². The van der Waals surface area contributed by atoms with Crippen LogP contribution in [0.15, 0.2) is 42.5 Å². The van der Waals surface area contributed by atoms with Crippen molar-refractivity contribution >= 4 is 34.8 Å². The average molecular weight is 393 g/mol. The fourth-order valence-corrected chi connectivity index (χ4v) is 3.63. The van der Waals surface area contributed by atoms with E-state index < -0.39 is 0 Å². The van der Waals surface area contributed by atoms with Crippen LogP contribution in [0.3, 0.4) is 0 Å². The van der Waals surface area contributed by atoms with E-state index in [1.54, 1.807) is 19.2 Å². The summed E-state index contributed by atoms with van der Waals surface area (Å²) in [5.74, 6) is 0.950. The van der Waals surface area contributed by atoms with Crippen LogP contribution in [0.2, 0.25) is 10.0 Å². The molecular formula is C20H22Cl2N2O2. The Balaban J connectivity index is 1.61. The molecule has 0 spiro atoms. The number of halogens is 2. The Morgan fingerprint density at radius 3 is 2.50 bits per heavy atom. The van der Waals surface area contributed by atoms with E-state index in [-0.39, 0.29) is 5.91 Å². The molecule has 26 heavy (non-hydrogen) atoms. The van der Waals surface area contributed by atoms with Gasteiger partial charge in [-0.2, -0.15) is 0 Å². The number of carbonyl (C=O) groups is 1. The second-order valence-corrected chi connectivity index (χ2v) is 7.18. The lowest BCUT2D eigenvalue weighted by atomic mass is 10.1. The molecule has 138 valence electrons. The topological polar surface area (TPSA) is 32.8 Å². The molecule has 0 unspecified atom stereocenters. The number of anilines is 1. The minimum atomic E-state index is 0.103. The van der Waals surface area contributed by atoms with Gasteiger partial charge in [0.05, 0.1) is 13.5 Å². The maximum absolute atomic E-state index is 12.7. The van der Waals surface area contributed by atoms with Gasteiger partial charge in [-0.3, -0.25) is 4.79 Å². The van der Waals surface area contributed by atoms with Crippen LogP contribution in [-0.2, 0) is 11.2 Å². The van der Waals surface area contributed by atoms with E-state index in [0.717, 1.165) is 43.1 Å². The molecule has 0 bridgehead atoms. The molecule has 0 aromatic heterocycles. The first-order valence-corrected chi connectivity index (χ1v) is 9.43. The van der Waals surface area contributed by atoms with Crippen molar-refractivity contribution in [3.63, 3.8) is 0 Å². The summed E-state index contributed by atoms with van der Waals surface area (Å²) in [5.41, 5.74) is 1.97. The lowest BCUT2D eigenvalue weighted by Gasteiger charge is -2.24. The highest BCUT2D eigenvalue weighted by Gasteiger charge is 2.20. The standard InChI is InChI=1S/C20H22Cl2N2O2/c1-26-18-7-5-17(6-8-18)23-9-2-10-24(12-11-23)20(25)13-15-3-4-16(21)14-19(15)22/h3-8,14H,2,9-13H2,1H3. The number of methoxy groups -OCH3 is 1. The van der Waals surface area contributed by atoms with Crippen molar-refractivity contribution in [2.75, 3.05) is 38.2 Å². The Morgan fingerprint density at radius 1 is 1.04 bits per heavy atom. The van der Waals surface area contributed by atoms with Gasteiger partial charge in [-0.05, 0) is 48.4 Å². The SMILES string of the molecule is COc1ccc(N2CCCN(C(=O)Cc3ccc(Cl)cc3Cl)CC2)cc1. The van der Waals surface area contributed by atoms with E-state index in [2.05, 4.69) is 17.0 Å². The molecule has 0 atom stereocenters. The lowest BCUT2D eigenvalue weighted by Crippen LogP contribution is -2.36. The highest BCUT2D eigenvalue weighted by molar-refractivity contribution is 6.35. The summed E-state index contributed by atoms with van der Waals surface area (Å²) in [6.45, 7) is 3.21. The molecule has 1 fully saturated rings. The van der Waals surface area contributed by atoms with Crippen molar-refractivity contribution in [3.8, 4) is 5.75 Å². The van der Waals surface area contributed by atoms with Crippen LogP contribution in [0.5, 0.6) is 5.75 Å². The Bertz CT molecular complexity index is 765. The maximum Gasteiger partial charge on any atom is 0.227 e. The summed E-state index contributed by atoms with van der Waals surface area (Å²) in [6, 6.07) is 13.3. The smallest absolute Gasteiger partial charge is 0.227 e. The number of amides is 1. The molecule has 1 saturated heterocycles. The zero-order valence-electron chi connectivity index (χ0n) is 14.8. The van der Waals surface area contributed by atoms with Crippen LogP contribution >= 0.6 is 23.2 Å². The van der Waals surface area contributed by atoms with Crippen LogP contribution in [0.1, 0.15) is 12.0 Å². The largest absolute Gasteiger partial charge is 0.497 e. The molecule has 1 aliphatic heterocycles. The fraction of sp³-hybridized carbons (Fsp3) is 0.350. The van der Waals surface area contributed by atoms with E-state index in [9.17, 15) is 4.79 Å². The van der Waals surface area contributed by atoms with Gasteiger partial charge in [0.15, 0.2) is 0 Å². The van der Waals surface area contributed by atoms with Gasteiger partial charge in [0.2, 0.25) is 5.91 Å². The van der Waals surface area contributed by atoms with Crippen LogP contribution in [0.25, 0.3) is 0 Å². The third-order valence-corrected chi connectivity index (χ3v) is 5.23. The van der Waals surface area contributed by atoms with Crippen LogP contribution in [-0.4, -0.2) is 44.1 Å². The van der Waals surface area contributed by atoms with E-state index in [1.165, 1.54) is 0 Å². The Kier molecular flexibility index (Phi) is 6.28. The van der Waals surface area contributed by atoms with Crippen molar-refractivity contribution in [2.45, 2.75) is 12.8 Å². The normalized spacial score (nSPS) is 14.9.